The minimum absolute atomic E-state index is 0.0351. The lowest BCUT2D eigenvalue weighted by molar-refractivity contribution is -0.384. The van der Waals surface area contributed by atoms with Gasteiger partial charge in [0.25, 0.3) is 23.4 Å². The van der Waals surface area contributed by atoms with Crippen molar-refractivity contribution in [3.05, 3.63) is 99.6 Å². The number of ketones is 1. The van der Waals surface area contributed by atoms with Crippen molar-refractivity contribution >= 4 is 35.2 Å². The van der Waals surface area contributed by atoms with Gasteiger partial charge in [-0.05, 0) is 79.8 Å². The number of imide groups is 1. The number of rotatable bonds is 9. The molecule has 44 heavy (non-hydrogen) atoms. The lowest BCUT2D eigenvalue weighted by atomic mass is 9.76. The SMILES string of the molecule is COc1cccc(C(=O)Oc2ccc(C(=O)CN(C(=O)c3ccc([N+](=O)[O-])cc3)N3C(=O)[C@@H]4CC[C@@H](C)C[C@H]4C3=O)cc2)c1. The number of Topliss-reactive ketones (excluding diaryl/α,β-unsaturated/α-hetero) is 1. The number of hydrogen-bond donors (Lipinski definition) is 0. The molecule has 1 heterocycles. The second-order valence-corrected chi connectivity index (χ2v) is 10.9. The number of non-ortho nitro benzene ring substituents is 1. The minimum Gasteiger partial charge on any atom is -0.497 e. The average Bonchev–Trinajstić information content (AvgIpc) is 3.27. The van der Waals surface area contributed by atoms with E-state index in [-0.39, 0.29) is 34.0 Å². The molecule has 12 heteroatoms. The molecule has 1 aliphatic heterocycles. The standard InChI is InChI=1S/C32H29N3O9/c1-19-6-15-26-27(16-19)31(39)34(30(26)38)33(29(37)21-7-11-23(12-8-21)35(41)42)18-28(36)20-9-13-24(14-10-20)44-32(40)22-4-3-5-25(17-22)43-2/h3-5,7-14,17,19,26-27H,6,15-16,18H2,1-2H3/t19-,26-,27-/m1/s1. The van der Waals surface area contributed by atoms with Crippen molar-refractivity contribution in [2.75, 3.05) is 13.7 Å². The quantitative estimate of drug-likeness (QED) is 0.0865. The first kappa shape index (κ1) is 30.1. The summed E-state index contributed by atoms with van der Waals surface area (Å²) >= 11 is 0. The molecule has 0 aromatic heterocycles. The van der Waals surface area contributed by atoms with E-state index in [2.05, 4.69) is 0 Å². The summed E-state index contributed by atoms with van der Waals surface area (Å²) in [6, 6.07) is 16.7. The highest BCUT2D eigenvalue weighted by Crippen LogP contribution is 2.41. The van der Waals surface area contributed by atoms with Gasteiger partial charge in [0.05, 0.1) is 29.4 Å². The number of fused-ring (bicyclic) bond motifs is 1. The summed E-state index contributed by atoms with van der Waals surface area (Å²) in [6.45, 7) is 1.35. The van der Waals surface area contributed by atoms with E-state index in [1.807, 2.05) is 6.92 Å². The van der Waals surface area contributed by atoms with E-state index in [0.29, 0.717) is 18.6 Å². The lowest BCUT2D eigenvalue weighted by Gasteiger charge is -2.30. The largest absolute Gasteiger partial charge is 0.497 e. The fourth-order valence-corrected chi connectivity index (χ4v) is 5.57. The van der Waals surface area contributed by atoms with E-state index < -0.39 is 52.8 Å². The molecule has 226 valence electrons. The maximum absolute atomic E-state index is 13.7. The van der Waals surface area contributed by atoms with Crippen LogP contribution in [0.1, 0.15) is 57.3 Å². The smallest absolute Gasteiger partial charge is 0.343 e. The van der Waals surface area contributed by atoms with Gasteiger partial charge in [-0.25, -0.2) is 9.80 Å². The van der Waals surface area contributed by atoms with E-state index in [9.17, 15) is 34.1 Å². The Morgan fingerprint density at radius 2 is 1.55 bits per heavy atom. The zero-order chi connectivity index (χ0) is 31.5. The molecule has 1 saturated heterocycles. The summed E-state index contributed by atoms with van der Waals surface area (Å²) in [6.07, 6.45) is 1.75. The molecule has 3 amide bonds. The Morgan fingerprint density at radius 1 is 0.886 bits per heavy atom. The molecular formula is C32H29N3O9. The molecular weight excluding hydrogens is 570 g/mol. The van der Waals surface area contributed by atoms with Crippen LogP contribution in [0.4, 0.5) is 5.69 Å². The maximum Gasteiger partial charge on any atom is 0.343 e. The van der Waals surface area contributed by atoms with Crippen LogP contribution in [0.25, 0.3) is 0 Å². The molecule has 5 rings (SSSR count). The number of benzene rings is 3. The van der Waals surface area contributed by atoms with E-state index >= 15 is 0 Å². The van der Waals surface area contributed by atoms with Crippen molar-refractivity contribution in [3.63, 3.8) is 0 Å². The van der Waals surface area contributed by atoms with Gasteiger partial charge in [-0.15, -0.1) is 0 Å². The number of hydrogen-bond acceptors (Lipinski definition) is 9. The highest BCUT2D eigenvalue weighted by molar-refractivity contribution is 6.09. The van der Waals surface area contributed by atoms with Crippen molar-refractivity contribution < 1.29 is 38.4 Å². The van der Waals surface area contributed by atoms with Gasteiger partial charge in [0.1, 0.15) is 18.0 Å². The molecule has 0 radical (unpaired) electrons. The third-order valence-corrected chi connectivity index (χ3v) is 7.95. The summed E-state index contributed by atoms with van der Waals surface area (Å²) in [5, 5.41) is 12.7. The number of nitro groups is 1. The first-order chi connectivity index (χ1) is 21.1. The van der Waals surface area contributed by atoms with E-state index in [4.69, 9.17) is 9.47 Å². The van der Waals surface area contributed by atoms with Crippen molar-refractivity contribution in [1.82, 2.24) is 10.0 Å². The van der Waals surface area contributed by atoms with Crippen molar-refractivity contribution in [3.8, 4) is 11.5 Å². The molecule has 12 nitrogen and oxygen atoms in total. The first-order valence-corrected chi connectivity index (χ1v) is 14.0. The minimum atomic E-state index is -0.828. The van der Waals surface area contributed by atoms with Gasteiger partial charge in [-0.2, -0.15) is 5.01 Å². The predicted molar refractivity (Wildman–Crippen MR) is 155 cm³/mol. The van der Waals surface area contributed by atoms with Gasteiger partial charge < -0.3 is 9.47 Å². The summed E-state index contributed by atoms with van der Waals surface area (Å²) in [5.41, 5.74) is 0.120. The van der Waals surface area contributed by atoms with Crippen molar-refractivity contribution in [2.45, 2.75) is 26.2 Å². The van der Waals surface area contributed by atoms with Crippen LogP contribution in [0.2, 0.25) is 0 Å². The fourth-order valence-electron chi connectivity index (χ4n) is 5.57. The number of carbonyl (C=O) groups is 5. The molecule has 2 fully saturated rings. The van der Waals surface area contributed by atoms with E-state index in [0.717, 1.165) is 28.6 Å². The molecule has 0 bridgehead atoms. The zero-order valence-corrected chi connectivity index (χ0v) is 24.0. The van der Waals surface area contributed by atoms with Crippen LogP contribution < -0.4 is 9.47 Å². The van der Waals surface area contributed by atoms with Crippen LogP contribution in [0.3, 0.4) is 0 Å². The van der Waals surface area contributed by atoms with Crippen molar-refractivity contribution in [2.24, 2.45) is 17.8 Å². The summed E-state index contributed by atoms with van der Waals surface area (Å²) in [4.78, 5) is 77.1. The molecule has 0 unspecified atom stereocenters. The average molecular weight is 600 g/mol. The molecule has 1 aliphatic carbocycles. The van der Waals surface area contributed by atoms with Crippen LogP contribution in [0.15, 0.2) is 72.8 Å². The Labute approximate surface area is 252 Å². The number of methoxy groups -OCH3 is 1. The predicted octanol–water partition coefficient (Wildman–Crippen LogP) is 4.48. The molecule has 2 aliphatic rings. The highest BCUT2D eigenvalue weighted by atomic mass is 16.6. The van der Waals surface area contributed by atoms with E-state index in [1.165, 1.54) is 49.6 Å². The van der Waals surface area contributed by atoms with Crippen LogP contribution in [-0.2, 0) is 9.59 Å². The van der Waals surface area contributed by atoms with Crippen molar-refractivity contribution in [1.29, 1.82) is 0 Å². The number of carbonyl (C=O) groups excluding carboxylic acids is 5. The van der Waals surface area contributed by atoms with Gasteiger partial charge in [-0.3, -0.25) is 29.3 Å². The number of nitrogens with zero attached hydrogens (tertiary/aromatic N) is 3. The Hall–Kier alpha value is -5.39. The number of hydrazine groups is 1. The normalized spacial score (nSPS) is 19.2. The molecule has 1 saturated carbocycles. The van der Waals surface area contributed by atoms with Gasteiger partial charge in [0.2, 0.25) is 0 Å². The Kier molecular flexibility index (Phi) is 8.52. The van der Waals surface area contributed by atoms with Gasteiger partial charge >= 0.3 is 5.97 Å². The molecule has 0 spiro atoms. The monoisotopic (exact) mass is 599 g/mol. The van der Waals surface area contributed by atoms with Crippen LogP contribution in [0, 0.1) is 27.9 Å². The zero-order valence-electron chi connectivity index (χ0n) is 24.0. The van der Waals surface area contributed by atoms with Gasteiger partial charge in [-0.1, -0.05) is 13.0 Å². The molecule has 3 aromatic rings. The number of ether oxygens (including phenoxy) is 2. The number of amides is 3. The van der Waals surface area contributed by atoms with Crippen LogP contribution in [-0.4, -0.2) is 58.1 Å². The van der Waals surface area contributed by atoms with Gasteiger partial charge in [0, 0.05) is 23.3 Å². The Balaban J connectivity index is 1.38. The Morgan fingerprint density at radius 3 is 2.20 bits per heavy atom. The lowest BCUT2D eigenvalue weighted by Crippen LogP contribution is -2.52. The number of esters is 1. The second kappa shape index (κ2) is 12.5. The first-order valence-electron chi connectivity index (χ1n) is 14.0. The maximum atomic E-state index is 13.7. The van der Waals surface area contributed by atoms with Crippen LogP contribution in [0.5, 0.6) is 11.5 Å². The van der Waals surface area contributed by atoms with E-state index in [1.54, 1.807) is 18.2 Å². The summed E-state index contributed by atoms with van der Waals surface area (Å²) in [7, 11) is 1.48. The summed E-state index contributed by atoms with van der Waals surface area (Å²) in [5.74, 6) is -3.45. The number of nitro benzene ring substituents is 1. The highest BCUT2D eigenvalue weighted by Gasteiger charge is 2.52. The molecule has 3 aromatic carbocycles. The summed E-state index contributed by atoms with van der Waals surface area (Å²) < 4.78 is 10.5. The molecule has 3 atom stereocenters. The molecule has 0 N–H and O–H groups in total. The second-order valence-electron chi connectivity index (χ2n) is 10.9. The van der Waals surface area contributed by atoms with Gasteiger partial charge in [0.15, 0.2) is 5.78 Å². The fraction of sp³-hybridized carbons (Fsp3) is 0.281. The Bertz CT molecular complexity index is 1640. The third-order valence-electron chi connectivity index (χ3n) is 7.95. The topological polar surface area (TPSA) is 153 Å². The third kappa shape index (κ3) is 6.05. The van der Waals surface area contributed by atoms with Crippen LogP contribution >= 0.6 is 0 Å².